The number of nitrogens with two attached hydrogens (primary N) is 1. The van der Waals surface area contributed by atoms with Gasteiger partial charge >= 0.3 is 0 Å². The Balaban J connectivity index is 1.48. The summed E-state index contributed by atoms with van der Waals surface area (Å²) in [5.41, 5.74) is 5.83. The van der Waals surface area contributed by atoms with Gasteiger partial charge in [0.15, 0.2) is 6.04 Å². The molecule has 0 radical (unpaired) electrons. The summed E-state index contributed by atoms with van der Waals surface area (Å²) in [6.45, 7) is 2.00. The standard InChI is InChI=1S/C25H26N2O/c1-18(26-23-17-9-13-20-12-5-6-14-21(20)23)25(28)27-24-16-8-7-15-22(24)19-10-3-2-4-11-19/h2-8,10-12,14-16,18,23,26H,9,13,17H2,1H3,(H,27,28)/p+1/t18-,23-/m1/s1. The number of carbonyl (C=O) groups excluding carboxylic acids is 1. The molecule has 1 aliphatic rings. The van der Waals surface area contributed by atoms with Gasteiger partial charge in [-0.3, -0.25) is 4.79 Å². The number of fused-ring (bicyclic) bond motifs is 1. The molecule has 0 saturated carbocycles. The molecule has 0 heterocycles. The van der Waals surface area contributed by atoms with Gasteiger partial charge in [0.25, 0.3) is 5.91 Å². The molecule has 3 N–H and O–H groups in total. The van der Waals surface area contributed by atoms with Crippen molar-refractivity contribution in [2.24, 2.45) is 0 Å². The predicted molar refractivity (Wildman–Crippen MR) is 114 cm³/mol. The Bertz CT molecular complexity index is 952. The molecule has 1 amide bonds. The van der Waals surface area contributed by atoms with Crippen LogP contribution >= 0.6 is 0 Å². The van der Waals surface area contributed by atoms with E-state index in [0.717, 1.165) is 29.7 Å². The van der Waals surface area contributed by atoms with E-state index >= 15 is 0 Å². The van der Waals surface area contributed by atoms with Crippen molar-refractivity contribution >= 4 is 11.6 Å². The second-order valence-corrected chi connectivity index (χ2v) is 7.58. The van der Waals surface area contributed by atoms with Gasteiger partial charge in [-0.05, 0) is 37.0 Å². The first-order valence-corrected chi connectivity index (χ1v) is 10.1. The highest BCUT2D eigenvalue weighted by atomic mass is 16.2. The summed E-state index contributed by atoms with van der Waals surface area (Å²) in [7, 11) is 0. The van der Waals surface area contributed by atoms with E-state index in [0.29, 0.717) is 6.04 Å². The van der Waals surface area contributed by atoms with Crippen molar-refractivity contribution < 1.29 is 10.1 Å². The summed E-state index contributed by atoms with van der Waals surface area (Å²) in [5.74, 6) is 0.0476. The van der Waals surface area contributed by atoms with Crippen molar-refractivity contribution in [1.29, 1.82) is 0 Å². The van der Waals surface area contributed by atoms with Crippen molar-refractivity contribution in [3.05, 3.63) is 90.0 Å². The van der Waals surface area contributed by atoms with Gasteiger partial charge in [-0.25, -0.2) is 0 Å². The van der Waals surface area contributed by atoms with Crippen LogP contribution in [0.2, 0.25) is 0 Å². The van der Waals surface area contributed by atoms with E-state index < -0.39 is 0 Å². The monoisotopic (exact) mass is 371 g/mol. The van der Waals surface area contributed by atoms with E-state index in [-0.39, 0.29) is 11.9 Å². The molecule has 0 unspecified atom stereocenters. The molecule has 3 aromatic carbocycles. The van der Waals surface area contributed by atoms with Crippen molar-refractivity contribution in [3.63, 3.8) is 0 Å². The van der Waals surface area contributed by atoms with E-state index in [1.807, 2.05) is 43.3 Å². The SMILES string of the molecule is C[C@@H]([NH2+][C@@H]1CCCc2ccccc21)C(=O)Nc1ccccc1-c1ccccc1. The molecule has 3 aromatic rings. The van der Waals surface area contributed by atoms with Crippen molar-refractivity contribution in [3.8, 4) is 11.1 Å². The van der Waals surface area contributed by atoms with E-state index in [9.17, 15) is 4.79 Å². The Labute approximate surface area is 166 Å². The first kappa shape index (κ1) is 18.5. The maximum absolute atomic E-state index is 12.9. The van der Waals surface area contributed by atoms with E-state index in [4.69, 9.17) is 0 Å². The summed E-state index contributed by atoms with van der Waals surface area (Å²) in [6.07, 6.45) is 3.45. The Hall–Kier alpha value is -2.91. The van der Waals surface area contributed by atoms with Gasteiger partial charge in [0.1, 0.15) is 6.04 Å². The Morgan fingerprint density at radius 3 is 2.54 bits per heavy atom. The second kappa shape index (κ2) is 8.41. The molecule has 3 heteroatoms. The Kier molecular flexibility index (Phi) is 5.54. The van der Waals surface area contributed by atoms with Gasteiger partial charge in [0, 0.05) is 23.2 Å². The Morgan fingerprint density at radius 2 is 1.68 bits per heavy atom. The average molecular weight is 372 g/mol. The molecule has 2 atom stereocenters. The lowest BCUT2D eigenvalue weighted by Gasteiger charge is -2.26. The number of rotatable bonds is 5. The van der Waals surface area contributed by atoms with Crippen LogP contribution in [-0.4, -0.2) is 11.9 Å². The minimum atomic E-state index is -0.153. The summed E-state index contributed by atoms with van der Waals surface area (Å²) >= 11 is 0. The smallest absolute Gasteiger partial charge is 0.282 e. The fourth-order valence-electron chi connectivity index (χ4n) is 4.14. The number of aryl methyl sites for hydroxylation is 1. The molecule has 3 nitrogen and oxygen atoms in total. The van der Waals surface area contributed by atoms with Crippen LogP contribution in [-0.2, 0) is 11.2 Å². The number of hydrogen-bond donors (Lipinski definition) is 2. The van der Waals surface area contributed by atoms with Gasteiger partial charge in [-0.2, -0.15) is 0 Å². The molecule has 0 fully saturated rings. The fourth-order valence-corrected chi connectivity index (χ4v) is 4.14. The number of amides is 1. The highest BCUT2D eigenvalue weighted by Crippen LogP contribution is 2.28. The average Bonchev–Trinajstić information content (AvgIpc) is 2.75. The van der Waals surface area contributed by atoms with Crippen molar-refractivity contribution in [1.82, 2.24) is 0 Å². The molecule has 4 rings (SSSR count). The first-order chi connectivity index (χ1) is 13.7. The van der Waals surface area contributed by atoms with Gasteiger partial charge < -0.3 is 10.6 Å². The number of carbonyl (C=O) groups is 1. The van der Waals surface area contributed by atoms with Crippen LogP contribution < -0.4 is 10.6 Å². The normalized spacial score (nSPS) is 16.8. The molecule has 0 aliphatic heterocycles. The van der Waals surface area contributed by atoms with Gasteiger partial charge in [0.2, 0.25) is 0 Å². The minimum absolute atomic E-state index is 0.0476. The van der Waals surface area contributed by atoms with Crippen LogP contribution in [0.5, 0.6) is 0 Å². The highest BCUT2D eigenvalue weighted by Gasteiger charge is 2.27. The maximum atomic E-state index is 12.9. The zero-order valence-corrected chi connectivity index (χ0v) is 16.3. The quantitative estimate of drug-likeness (QED) is 0.689. The van der Waals surface area contributed by atoms with Gasteiger partial charge in [0.05, 0.1) is 0 Å². The van der Waals surface area contributed by atoms with E-state index in [1.165, 1.54) is 17.5 Å². The van der Waals surface area contributed by atoms with Crippen LogP contribution in [0, 0.1) is 0 Å². The number of benzene rings is 3. The molecule has 142 valence electrons. The van der Waals surface area contributed by atoms with Crippen molar-refractivity contribution in [2.45, 2.75) is 38.3 Å². The maximum Gasteiger partial charge on any atom is 0.282 e. The third-order valence-corrected chi connectivity index (χ3v) is 5.62. The van der Waals surface area contributed by atoms with Crippen LogP contribution in [0.3, 0.4) is 0 Å². The van der Waals surface area contributed by atoms with Crippen LogP contribution in [0.15, 0.2) is 78.9 Å². The molecular formula is C25H27N2O+. The van der Waals surface area contributed by atoms with Gasteiger partial charge in [-0.15, -0.1) is 0 Å². The number of anilines is 1. The van der Waals surface area contributed by atoms with Gasteiger partial charge in [-0.1, -0.05) is 72.8 Å². The van der Waals surface area contributed by atoms with Crippen LogP contribution in [0.25, 0.3) is 11.1 Å². The Morgan fingerprint density at radius 1 is 0.964 bits per heavy atom. The lowest BCUT2D eigenvalue weighted by molar-refractivity contribution is -0.714. The zero-order chi connectivity index (χ0) is 19.3. The summed E-state index contributed by atoms with van der Waals surface area (Å²) in [4.78, 5) is 12.9. The van der Waals surface area contributed by atoms with E-state index in [2.05, 4.69) is 53.1 Å². The fraction of sp³-hybridized carbons (Fsp3) is 0.240. The molecule has 1 aliphatic carbocycles. The molecule has 0 spiro atoms. The minimum Gasteiger partial charge on any atom is -0.330 e. The first-order valence-electron chi connectivity index (χ1n) is 10.1. The predicted octanol–water partition coefficient (Wildman–Crippen LogP) is 4.32. The highest BCUT2D eigenvalue weighted by molar-refractivity contribution is 5.97. The number of nitrogens with one attached hydrogen (secondary N) is 1. The van der Waals surface area contributed by atoms with Crippen molar-refractivity contribution in [2.75, 3.05) is 5.32 Å². The lowest BCUT2D eigenvalue weighted by Crippen LogP contribution is -2.92. The summed E-state index contributed by atoms with van der Waals surface area (Å²) in [5, 5.41) is 5.37. The number of para-hydroxylation sites is 1. The van der Waals surface area contributed by atoms with Crippen LogP contribution in [0.4, 0.5) is 5.69 Å². The van der Waals surface area contributed by atoms with Crippen LogP contribution in [0.1, 0.15) is 36.9 Å². The summed E-state index contributed by atoms with van der Waals surface area (Å²) < 4.78 is 0. The number of quaternary nitrogens is 1. The lowest BCUT2D eigenvalue weighted by atomic mass is 9.87. The molecule has 0 aromatic heterocycles. The molecule has 0 saturated heterocycles. The third kappa shape index (κ3) is 4.00. The van der Waals surface area contributed by atoms with E-state index in [1.54, 1.807) is 0 Å². The second-order valence-electron chi connectivity index (χ2n) is 7.58. The third-order valence-electron chi connectivity index (χ3n) is 5.62. The topological polar surface area (TPSA) is 45.7 Å². The largest absolute Gasteiger partial charge is 0.330 e. The zero-order valence-electron chi connectivity index (χ0n) is 16.3. The molecule has 28 heavy (non-hydrogen) atoms. The molecule has 0 bridgehead atoms. The number of hydrogen-bond acceptors (Lipinski definition) is 1. The summed E-state index contributed by atoms with van der Waals surface area (Å²) in [6, 6.07) is 27.0. The molecular weight excluding hydrogens is 344 g/mol.